The number of benzene rings is 1. The molecule has 20 heavy (non-hydrogen) atoms. The molecule has 0 spiro atoms. The van der Waals surface area contributed by atoms with Crippen molar-refractivity contribution in [3.05, 3.63) is 35.4 Å². The normalized spacial score (nSPS) is 12.2. The topological polar surface area (TPSA) is 52.3 Å². The first-order chi connectivity index (χ1) is 9.72. The largest absolute Gasteiger partial charge is 0.462 e. The number of carbonyl (C=O) groups is 1. The zero-order chi connectivity index (χ0) is 14.8. The Morgan fingerprint density at radius 2 is 2.05 bits per heavy atom. The van der Waals surface area contributed by atoms with Crippen LogP contribution in [0.2, 0.25) is 0 Å². The summed E-state index contributed by atoms with van der Waals surface area (Å²) in [5.41, 5.74) is 7.21. The highest BCUT2D eigenvalue weighted by Crippen LogP contribution is 2.15. The van der Waals surface area contributed by atoms with E-state index in [1.165, 1.54) is 12.8 Å². The van der Waals surface area contributed by atoms with E-state index in [0.29, 0.717) is 31.1 Å². The van der Waals surface area contributed by atoms with Gasteiger partial charge in [0.1, 0.15) is 0 Å². The molecule has 1 aromatic rings. The third-order valence-electron chi connectivity index (χ3n) is 3.64. The van der Waals surface area contributed by atoms with Gasteiger partial charge in [-0.1, -0.05) is 51.3 Å². The number of ether oxygens (including phenoxy) is 1. The molecule has 1 unspecified atom stereocenters. The van der Waals surface area contributed by atoms with Gasteiger partial charge in [-0.25, -0.2) is 4.79 Å². The fourth-order valence-electron chi connectivity index (χ4n) is 2.26. The average molecular weight is 277 g/mol. The molecule has 0 heterocycles. The number of rotatable bonds is 9. The van der Waals surface area contributed by atoms with Crippen LogP contribution in [0, 0.1) is 5.92 Å². The Labute approximate surface area is 122 Å². The predicted octanol–water partition coefficient (Wildman–Crippen LogP) is 3.56. The highest BCUT2D eigenvalue weighted by Gasteiger charge is 2.14. The Bertz CT molecular complexity index is 404. The first kappa shape index (κ1) is 16.7. The van der Waals surface area contributed by atoms with E-state index in [4.69, 9.17) is 10.5 Å². The number of carbonyl (C=O) groups excluding carboxylic acids is 1. The summed E-state index contributed by atoms with van der Waals surface area (Å²) >= 11 is 0. The molecule has 0 aliphatic rings. The summed E-state index contributed by atoms with van der Waals surface area (Å²) in [6.45, 7) is 5.39. The van der Waals surface area contributed by atoms with Crippen LogP contribution in [0.15, 0.2) is 24.3 Å². The van der Waals surface area contributed by atoms with Crippen molar-refractivity contribution < 1.29 is 9.53 Å². The molecule has 0 radical (unpaired) electrons. The van der Waals surface area contributed by atoms with E-state index < -0.39 is 0 Å². The molecule has 1 aromatic carbocycles. The van der Waals surface area contributed by atoms with Crippen molar-refractivity contribution in [3.8, 4) is 0 Å². The number of hydrogen-bond donors (Lipinski definition) is 1. The van der Waals surface area contributed by atoms with Crippen LogP contribution in [0.1, 0.15) is 55.5 Å². The van der Waals surface area contributed by atoms with Gasteiger partial charge in [0.2, 0.25) is 0 Å². The summed E-state index contributed by atoms with van der Waals surface area (Å²) in [5, 5.41) is 0. The Kier molecular flexibility index (Phi) is 7.97. The molecule has 0 amide bonds. The lowest BCUT2D eigenvalue weighted by atomic mass is 10.0. The second kappa shape index (κ2) is 9.54. The molecule has 0 aliphatic heterocycles. The molecule has 0 aromatic heterocycles. The van der Waals surface area contributed by atoms with Crippen molar-refractivity contribution in [2.75, 3.05) is 13.2 Å². The van der Waals surface area contributed by atoms with Gasteiger partial charge in [0.05, 0.1) is 12.2 Å². The lowest BCUT2D eigenvalue weighted by Gasteiger charge is -2.15. The zero-order valence-corrected chi connectivity index (χ0v) is 12.7. The lowest BCUT2D eigenvalue weighted by molar-refractivity contribution is 0.0427. The number of hydrogen-bond acceptors (Lipinski definition) is 3. The maximum Gasteiger partial charge on any atom is 0.338 e. The summed E-state index contributed by atoms with van der Waals surface area (Å²) in [7, 11) is 0. The number of unbranched alkanes of at least 4 members (excludes halogenated alkanes) is 1. The van der Waals surface area contributed by atoms with Gasteiger partial charge in [0.25, 0.3) is 0 Å². The van der Waals surface area contributed by atoms with E-state index >= 15 is 0 Å². The first-order valence-corrected chi connectivity index (χ1v) is 7.68. The van der Waals surface area contributed by atoms with Gasteiger partial charge in [0.15, 0.2) is 0 Å². The van der Waals surface area contributed by atoms with Crippen molar-refractivity contribution in [2.24, 2.45) is 11.7 Å². The lowest BCUT2D eigenvalue weighted by Crippen LogP contribution is -2.16. The van der Waals surface area contributed by atoms with Crippen LogP contribution in [0.5, 0.6) is 0 Å². The van der Waals surface area contributed by atoms with Gasteiger partial charge in [0, 0.05) is 0 Å². The summed E-state index contributed by atoms with van der Waals surface area (Å²) in [4.78, 5) is 12.2. The monoisotopic (exact) mass is 277 g/mol. The smallest absolute Gasteiger partial charge is 0.338 e. The highest BCUT2D eigenvalue weighted by atomic mass is 16.5. The maximum atomic E-state index is 12.2. The Morgan fingerprint density at radius 1 is 1.30 bits per heavy atom. The van der Waals surface area contributed by atoms with Gasteiger partial charge < -0.3 is 10.5 Å². The van der Waals surface area contributed by atoms with Crippen LogP contribution in [0.25, 0.3) is 0 Å². The van der Waals surface area contributed by atoms with E-state index in [9.17, 15) is 4.79 Å². The summed E-state index contributed by atoms with van der Waals surface area (Å²) < 4.78 is 5.49. The van der Waals surface area contributed by atoms with Crippen LogP contribution in [0.3, 0.4) is 0 Å². The molecule has 0 aliphatic carbocycles. The molecule has 1 rings (SSSR count). The predicted molar refractivity (Wildman–Crippen MR) is 82.8 cm³/mol. The third kappa shape index (κ3) is 5.33. The minimum atomic E-state index is -0.219. The first-order valence-electron chi connectivity index (χ1n) is 7.68. The minimum Gasteiger partial charge on any atom is -0.462 e. The van der Waals surface area contributed by atoms with E-state index in [1.54, 1.807) is 0 Å². The number of esters is 1. The second-order valence-corrected chi connectivity index (χ2v) is 5.21. The number of nitrogens with two attached hydrogens (primary N) is 1. The van der Waals surface area contributed by atoms with Gasteiger partial charge in [-0.2, -0.15) is 0 Å². The van der Waals surface area contributed by atoms with Crippen LogP contribution < -0.4 is 5.73 Å². The van der Waals surface area contributed by atoms with Crippen molar-refractivity contribution in [3.63, 3.8) is 0 Å². The quantitative estimate of drug-likeness (QED) is 0.702. The van der Waals surface area contributed by atoms with E-state index in [2.05, 4.69) is 13.8 Å². The molecule has 3 heteroatoms. The van der Waals surface area contributed by atoms with Crippen molar-refractivity contribution in [2.45, 2.75) is 46.0 Å². The molecular weight excluding hydrogens is 250 g/mol. The fraction of sp³-hybridized carbons (Fsp3) is 0.588. The molecule has 0 saturated heterocycles. The van der Waals surface area contributed by atoms with Crippen LogP contribution >= 0.6 is 0 Å². The molecule has 1 atom stereocenters. The molecule has 0 bridgehead atoms. The van der Waals surface area contributed by atoms with Gasteiger partial charge in [-0.15, -0.1) is 0 Å². The summed E-state index contributed by atoms with van der Waals surface area (Å²) in [6.07, 6.45) is 5.27. The maximum absolute atomic E-state index is 12.2. The van der Waals surface area contributed by atoms with Crippen LogP contribution in [-0.4, -0.2) is 19.1 Å². The SMILES string of the molecule is CCCCC(CC)COC(=O)c1ccccc1CCN. The Hall–Kier alpha value is -1.35. The summed E-state index contributed by atoms with van der Waals surface area (Å²) in [5.74, 6) is 0.254. The van der Waals surface area contributed by atoms with E-state index in [-0.39, 0.29) is 5.97 Å². The fourth-order valence-corrected chi connectivity index (χ4v) is 2.26. The van der Waals surface area contributed by atoms with Crippen LogP contribution in [-0.2, 0) is 11.2 Å². The van der Waals surface area contributed by atoms with Gasteiger partial charge in [-0.3, -0.25) is 0 Å². The summed E-state index contributed by atoms with van der Waals surface area (Å²) in [6, 6.07) is 7.56. The standard InChI is InChI=1S/C17H27NO2/c1-3-5-8-14(4-2)13-20-17(19)16-10-7-6-9-15(16)11-12-18/h6-7,9-10,14H,3-5,8,11-13,18H2,1-2H3. The molecule has 112 valence electrons. The Balaban J connectivity index is 2.57. The average Bonchev–Trinajstić information content (AvgIpc) is 2.48. The molecule has 3 nitrogen and oxygen atoms in total. The highest BCUT2D eigenvalue weighted by molar-refractivity contribution is 5.91. The van der Waals surface area contributed by atoms with Gasteiger partial charge in [-0.05, 0) is 36.9 Å². The molecule has 0 fully saturated rings. The molecule has 2 N–H and O–H groups in total. The second-order valence-electron chi connectivity index (χ2n) is 5.21. The van der Waals surface area contributed by atoms with Gasteiger partial charge >= 0.3 is 5.97 Å². The minimum absolute atomic E-state index is 0.219. The van der Waals surface area contributed by atoms with Crippen molar-refractivity contribution in [1.82, 2.24) is 0 Å². The van der Waals surface area contributed by atoms with E-state index in [1.807, 2.05) is 24.3 Å². The van der Waals surface area contributed by atoms with Crippen molar-refractivity contribution in [1.29, 1.82) is 0 Å². The van der Waals surface area contributed by atoms with Crippen molar-refractivity contribution >= 4 is 5.97 Å². The zero-order valence-electron chi connectivity index (χ0n) is 12.7. The molecule has 0 saturated carbocycles. The van der Waals surface area contributed by atoms with E-state index in [0.717, 1.165) is 18.4 Å². The van der Waals surface area contributed by atoms with Crippen LogP contribution in [0.4, 0.5) is 0 Å². The Morgan fingerprint density at radius 3 is 2.70 bits per heavy atom. The molecular formula is C17H27NO2. The third-order valence-corrected chi connectivity index (χ3v) is 3.64.